The minimum absolute atomic E-state index is 0.0440. The van der Waals surface area contributed by atoms with Crippen LogP contribution in [0.1, 0.15) is 37.3 Å². The van der Waals surface area contributed by atoms with Crippen LogP contribution in [0.25, 0.3) is 11.5 Å². The molecule has 2 heterocycles. The smallest absolute Gasteiger partial charge is 0.227 e. The molecule has 1 atom stereocenters. The van der Waals surface area contributed by atoms with Gasteiger partial charge in [-0.25, -0.2) is 4.98 Å². The first-order chi connectivity index (χ1) is 9.72. The van der Waals surface area contributed by atoms with E-state index < -0.39 is 0 Å². The van der Waals surface area contributed by atoms with Crippen molar-refractivity contribution in [2.24, 2.45) is 5.92 Å². The van der Waals surface area contributed by atoms with E-state index in [1.54, 1.807) is 0 Å². The topological polar surface area (TPSA) is 68.9 Å². The van der Waals surface area contributed by atoms with E-state index in [0.717, 1.165) is 25.0 Å². The number of aryl methyl sites for hydroxylation is 1. The van der Waals surface area contributed by atoms with Crippen LogP contribution in [0, 0.1) is 12.8 Å². The normalized spacial score (nSPS) is 19.2. The summed E-state index contributed by atoms with van der Waals surface area (Å²) in [6, 6.07) is 5.69. The van der Waals surface area contributed by atoms with Crippen molar-refractivity contribution in [2.45, 2.75) is 39.0 Å². The standard InChI is InChI=1S/C15H17N3O2/c1-10-5-4-7-12(16-10)15-17-14(20-18-15)9-11-6-2-3-8-13(11)19/h4-5,7,11H,2-3,6,8-9H2,1H3. The third-order valence-electron chi connectivity index (χ3n) is 3.69. The molecule has 5 nitrogen and oxygen atoms in total. The predicted octanol–water partition coefficient (Wildman–Crippen LogP) is 2.74. The number of nitrogens with zero attached hydrogens (tertiary/aromatic N) is 3. The molecule has 0 radical (unpaired) electrons. The lowest BCUT2D eigenvalue weighted by Gasteiger charge is -2.18. The van der Waals surface area contributed by atoms with Crippen molar-refractivity contribution in [3.05, 3.63) is 29.8 Å². The number of carbonyl (C=O) groups is 1. The minimum atomic E-state index is 0.0440. The summed E-state index contributed by atoms with van der Waals surface area (Å²) in [7, 11) is 0. The fourth-order valence-electron chi connectivity index (χ4n) is 2.59. The lowest BCUT2D eigenvalue weighted by molar-refractivity contribution is -0.124. The van der Waals surface area contributed by atoms with Crippen molar-refractivity contribution in [2.75, 3.05) is 0 Å². The largest absolute Gasteiger partial charge is 0.339 e. The van der Waals surface area contributed by atoms with Gasteiger partial charge in [0.05, 0.1) is 0 Å². The highest BCUT2D eigenvalue weighted by Gasteiger charge is 2.24. The lowest BCUT2D eigenvalue weighted by atomic mass is 9.86. The fourth-order valence-corrected chi connectivity index (χ4v) is 2.59. The van der Waals surface area contributed by atoms with Crippen LogP contribution in [0.15, 0.2) is 22.7 Å². The van der Waals surface area contributed by atoms with Crippen LogP contribution in [0.5, 0.6) is 0 Å². The summed E-state index contributed by atoms with van der Waals surface area (Å²) in [6.45, 7) is 1.92. The van der Waals surface area contributed by atoms with E-state index in [0.29, 0.717) is 36.0 Å². The number of Topliss-reactive ketones (excluding diaryl/α,β-unsaturated/α-hetero) is 1. The molecule has 0 amide bonds. The zero-order chi connectivity index (χ0) is 13.9. The quantitative estimate of drug-likeness (QED) is 0.858. The summed E-state index contributed by atoms with van der Waals surface area (Å²) >= 11 is 0. The maximum absolute atomic E-state index is 11.8. The molecule has 1 fully saturated rings. The molecule has 0 N–H and O–H groups in total. The first-order valence-electron chi connectivity index (χ1n) is 7.02. The molecule has 5 heteroatoms. The average Bonchev–Trinajstić information content (AvgIpc) is 2.90. The summed E-state index contributed by atoms with van der Waals surface area (Å²) in [4.78, 5) is 20.5. The second-order valence-corrected chi connectivity index (χ2v) is 5.29. The Hall–Kier alpha value is -2.04. The second-order valence-electron chi connectivity index (χ2n) is 5.29. The van der Waals surface area contributed by atoms with Crippen LogP contribution < -0.4 is 0 Å². The van der Waals surface area contributed by atoms with Crippen molar-refractivity contribution in [3.8, 4) is 11.5 Å². The monoisotopic (exact) mass is 271 g/mol. The Kier molecular flexibility index (Phi) is 3.58. The van der Waals surface area contributed by atoms with E-state index in [-0.39, 0.29) is 5.92 Å². The number of pyridine rings is 1. The SMILES string of the molecule is Cc1cccc(-c2noc(CC3CCCCC3=O)n2)n1. The first kappa shape index (κ1) is 13.0. The molecular formula is C15H17N3O2. The van der Waals surface area contributed by atoms with Crippen LogP contribution in [0.4, 0.5) is 0 Å². The third kappa shape index (κ3) is 2.76. The highest BCUT2D eigenvalue weighted by atomic mass is 16.5. The fraction of sp³-hybridized carbons (Fsp3) is 0.467. The number of carbonyl (C=O) groups excluding carboxylic acids is 1. The highest BCUT2D eigenvalue weighted by Crippen LogP contribution is 2.24. The molecule has 1 aliphatic rings. The molecule has 0 aromatic carbocycles. The molecule has 1 saturated carbocycles. The average molecular weight is 271 g/mol. The first-order valence-corrected chi connectivity index (χ1v) is 7.02. The second kappa shape index (κ2) is 5.53. The summed E-state index contributed by atoms with van der Waals surface area (Å²) in [5.74, 6) is 1.39. The van der Waals surface area contributed by atoms with Gasteiger partial charge in [-0.05, 0) is 31.9 Å². The molecule has 0 aliphatic heterocycles. The van der Waals surface area contributed by atoms with Crippen molar-refractivity contribution < 1.29 is 9.32 Å². The zero-order valence-corrected chi connectivity index (χ0v) is 11.5. The van der Waals surface area contributed by atoms with Gasteiger partial charge in [-0.2, -0.15) is 4.98 Å². The Balaban J connectivity index is 1.75. The van der Waals surface area contributed by atoms with Gasteiger partial charge in [0.25, 0.3) is 0 Å². The molecular weight excluding hydrogens is 254 g/mol. The Morgan fingerprint density at radius 3 is 3.00 bits per heavy atom. The van der Waals surface area contributed by atoms with Crippen LogP contribution >= 0.6 is 0 Å². The van der Waals surface area contributed by atoms with Crippen LogP contribution in [-0.4, -0.2) is 20.9 Å². The maximum atomic E-state index is 11.8. The Morgan fingerprint density at radius 2 is 2.20 bits per heavy atom. The van der Waals surface area contributed by atoms with Gasteiger partial charge in [0.15, 0.2) is 0 Å². The predicted molar refractivity (Wildman–Crippen MR) is 72.9 cm³/mol. The number of ketones is 1. The molecule has 2 aromatic heterocycles. The number of hydrogen-bond donors (Lipinski definition) is 0. The van der Waals surface area contributed by atoms with Gasteiger partial charge in [0, 0.05) is 24.5 Å². The van der Waals surface area contributed by atoms with Gasteiger partial charge in [0.1, 0.15) is 11.5 Å². The van der Waals surface area contributed by atoms with E-state index in [4.69, 9.17) is 4.52 Å². The van der Waals surface area contributed by atoms with E-state index in [1.807, 2.05) is 25.1 Å². The van der Waals surface area contributed by atoms with Gasteiger partial charge >= 0.3 is 0 Å². The van der Waals surface area contributed by atoms with Crippen LogP contribution in [0.2, 0.25) is 0 Å². The van der Waals surface area contributed by atoms with Gasteiger partial charge in [-0.3, -0.25) is 4.79 Å². The number of aromatic nitrogens is 3. The number of rotatable bonds is 3. The molecule has 104 valence electrons. The van der Waals surface area contributed by atoms with Crippen LogP contribution in [0.3, 0.4) is 0 Å². The molecule has 2 aromatic rings. The van der Waals surface area contributed by atoms with Gasteiger partial charge < -0.3 is 4.52 Å². The van der Waals surface area contributed by atoms with Crippen LogP contribution in [-0.2, 0) is 11.2 Å². The van der Waals surface area contributed by atoms with Gasteiger partial charge in [0.2, 0.25) is 11.7 Å². The molecule has 0 spiro atoms. The van der Waals surface area contributed by atoms with E-state index in [1.165, 1.54) is 0 Å². The van der Waals surface area contributed by atoms with Gasteiger partial charge in [-0.15, -0.1) is 0 Å². The molecule has 0 bridgehead atoms. The van der Waals surface area contributed by atoms with Crippen molar-refractivity contribution in [1.29, 1.82) is 0 Å². The van der Waals surface area contributed by atoms with E-state index in [2.05, 4.69) is 15.1 Å². The lowest BCUT2D eigenvalue weighted by Crippen LogP contribution is -2.21. The molecule has 3 rings (SSSR count). The highest BCUT2D eigenvalue weighted by molar-refractivity contribution is 5.81. The Morgan fingerprint density at radius 1 is 1.30 bits per heavy atom. The summed E-state index contributed by atoms with van der Waals surface area (Å²) in [5, 5.41) is 3.96. The van der Waals surface area contributed by atoms with Crippen molar-refractivity contribution >= 4 is 5.78 Å². The zero-order valence-electron chi connectivity index (χ0n) is 11.5. The van der Waals surface area contributed by atoms with E-state index >= 15 is 0 Å². The Bertz CT molecular complexity index is 621. The molecule has 0 saturated heterocycles. The van der Waals surface area contributed by atoms with E-state index in [9.17, 15) is 4.79 Å². The minimum Gasteiger partial charge on any atom is -0.339 e. The molecule has 1 unspecified atom stereocenters. The molecule has 1 aliphatic carbocycles. The summed E-state index contributed by atoms with van der Waals surface area (Å²) in [5.41, 5.74) is 1.62. The van der Waals surface area contributed by atoms with Crippen molar-refractivity contribution in [1.82, 2.24) is 15.1 Å². The molecule has 20 heavy (non-hydrogen) atoms. The summed E-state index contributed by atoms with van der Waals surface area (Å²) < 4.78 is 5.26. The van der Waals surface area contributed by atoms with Crippen molar-refractivity contribution in [3.63, 3.8) is 0 Å². The maximum Gasteiger partial charge on any atom is 0.227 e. The third-order valence-corrected chi connectivity index (χ3v) is 3.69. The number of hydrogen-bond acceptors (Lipinski definition) is 5. The Labute approximate surface area is 117 Å². The van der Waals surface area contributed by atoms with Gasteiger partial charge in [-0.1, -0.05) is 17.6 Å². The summed E-state index contributed by atoms with van der Waals surface area (Å²) in [6.07, 6.45) is 4.29.